The Morgan fingerprint density at radius 3 is 2.26 bits per heavy atom. The molecule has 7 heteroatoms. The van der Waals surface area contributed by atoms with Crippen LogP contribution in [0.25, 0.3) is 0 Å². The Kier molecular flexibility index (Phi) is 3.28. The second-order valence-electron chi connectivity index (χ2n) is 4.01. The van der Waals surface area contributed by atoms with Crippen LogP contribution in [0.2, 0.25) is 0 Å². The number of anilines is 1. The molecule has 1 aromatic heterocycles. The molecule has 4 nitrogen and oxygen atoms in total. The summed E-state index contributed by atoms with van der Waals surface area (Å²) in [5.74, 6) is -4.12. The molecule has 1 heterocycles. The van der Waals surface area contributed by atoms with Gasteiger partial charge in [-0.15, -0.1) is 0 Å². The van der Waals surface area contributed by atoms with Crippen molar-refractivity contribution < 1.29 is 18.0 Å². The van der Waals surface area contributed by atoms with Gasteiger partial charge in [0.15, 0.2) is 11.6 Å². The topological polar surface area (TPSA) is 57.8 Å². The van der Waals surface area contributed by atoms with Gasteiger partial charge in [-0.25, -0.2) is 13.2 Å². The molecule has 0 fully saturated rings. The largest absolute Gasteiger partial charge is 0.317 e. The molecular formula is C12H10F3N3O. The van der Waals surface area contributed by atoms with Crippen molar-refractivity contribution in [1.29, 1.82) is 0 Å². The van der Waals surface area contributed by atoms with Crippen molar-refractivity contribution in [3.05, 3.63) is 46.5 Å². The summed E-state index contributed by atoms with van der Waals surface area (Å²) in [5, 5.41) is 8.46. The fraction of sp³-hybridized carbons (Fsp3) is 0.167. The zero-order valence-electron chi connectivity index (χ0n) is 10.1. The Hall–Kier alpha value is -2.31. The Morgan fingerprint density at radius 2 is 1.79 bits per heavy atom. The quantitative estimate of drug-likeness (QED) is 0.880. The van der Waals surface area contributed by atoms with E-state index in [2.05, 4.69) is 15.5 Å². The van der Waals surface area contributed by atoms with E-state index >= 15 is 0 Å². The number of aromatic nitrogens is 2. The highest BCUT2D eigenvalue weighted by Crippen LogP contribution is 2.21. The monoisotopic (exact) mass is 269 g/mol. The predicted octanol–water partition coefficient (Wildman–Crippen LogP) is 2.70. The minimum absolute atomic E-state index is 0.197. The van der Waals surface area contributed by atoms with Gasteiger partial charge >= 0.3 is 0 Å². The number of nitrogens with one attached hydrogen (secondary N) is 2. The summed E-state index contributed by atoms with van der Waals surface area (Å²) < 4.78 is 39.5. The molecule has 0 atom stereocenters. The summed E-state index contributed by atoms with van der Waals surface area (Å²) in [6, 6.07) is 0.988. The van der Waals surface area contributed by atoms with Crippen LogP contribution in [0.5, 0.6) is 0 Å². The second-order valence-corrected chi connectivity index (χ2v) is 4.01. The van der Waals surface area contributed by atoms with E-state index < -0.39 is 29.0 Å². The molecule has 0 bridgehead atoms. The Morgan fingerprint density at radius 1 is 1.21 bits per heavy atom. The second kappa shape index (κ2) is 4.75. The van der Waals surface area contributed by atoms with E-state index in [9.17, 15) is 18.0 Å². The summed E-state index contributed by atoms with van der Waals surface area (Å²) >= 11 is 0. The van der Waals surface area contributed by atoms with Crippen molar-refractivity contribution >= 4 is 11.6 Å². The van der Waals surface area contributed by atoms with Gasteiger partial charge in [0.1, 0.15) is 11.5 Å². The molecule has 1 amide bonds. The molecular weight excluding hydrogens is 259 g/mol. The van der Waals surface area contributed by atoms with E-state index in [0.29, 0.717) is 23.5 Å². The van der Waals surface area contributed by atoms with E-state index in [1.165, 1.54) is 0 Å². The maximum atomic E-state index is 13.4. The van der Waals surface area contributed by atoms with Crippen molar-refractivity contribution in [3.63, 3.8) is 0 Å². The number of nitrogens with zero attached hydrogens (tertiary/aromatic N) is 1. The van der Waals surface area contributed by atoms with Gasteiger partial charge in [-0.3, -0.25) is 9.89 Å². The van der Waals surface area contributed by atoms with Gasteiger partial charge in [0.2, 0.25) is 0 Å². The summed E-state index contributed by atoms with van der Waals surface area (Å²) in [7, 11) is 0. The highest BCUT2D eigenvalue weighted by atomic mass is 19.1. The molecule has 0 saturated heterocycles. The third kappa shape index (κ3) is 2.44. The number of amides is 1. The zero-order valence-corrected chi connectivity index (χ0v) is 10.1. The van der Waals surface area contributed by atoms with Gasteiger partial charge in [-0.1, -0.05) is 0 Å². The lowest BCUT2D eigenvalue weighted by atomic mass is 10.2. The number of H-pyrrole nitrogens is 1. The lowest BCUT2D eigenvalue weighted by Gasteiger charge is -2.07. The average molecular weight is 269 g/mol. The molecule has 1 aromatic carbocycles. The lowest BCUT2D eigenvalue weighted by Crippen LogP contribution is -2.16. The van der Waals surface area contributed by atoms with Crippen LogP contribution in [0.4, 0.5) is 18.9 Å². The van der Waals surface area contributed by atoms with E-state index in [4.69, 9.17) is 0 Å². The van der Waals surface area contributed by atoms with Gasteiger partial charge in [0.25, 0.3) is 5.91 Å². The lowest BCUT2D eigenvalue weighted by molar-refractivity contribution is 0.102. The van der Waals surface area contributed by atoms with Gasteiger partial charge in [-0.05, 0) is 13.8 Å². The number of aromatic amines is 1. The molecule has 0 radical (unpaired) electrons. The first-order valence-electron chi connectivity index (χ1n) is 5.37. The summed E-state index contributed by atoms with van der Waals surface area (Å²) in [5.41, 5.74) is 0.380. The maximum absolute atomic E-state index is 13.4. The number of hydrogen-bond acceptors (Lipinski definition) is 2. The van der Waals surface area contributed by atoms with Crippen molar-refractivity contribution in [2.75, 3.05) is 5.32 Å². The maximum Gasteiger partial charge on any atom is 0.259 e. The summed E-state index contributed by atoms with van der Waals surface area (Å²) in [6.45, 7) is 3.18. The van der Waals surface area contributed by atoms with E-state index in [1.54, 1.807) is 13.8 Å². The van der Waals surface area contributed by atoms with Gasteiger partial charge in [-0.2, -0.15) is 5.10 Å². The van der Waals surface area contributed by atoms with Crippen LogP contribution in [0.1, 0.15) is 21.7 Å². The molecule has 0 aliphatic rings. The minimum atomic E-state index is -1.18. The van der Waals surface area contributed by atoms with Crippen LogP contribution >= 0.6 is 0 Å². The molecule has 0 saturated carbocycles. The van der Waals surface area contributed by atoms with Crippen LogP contribution in [0.3, 0.4) is 0 Å². The summed E-state index contributed by atoms with van der Waals surface area (Å²) in [4.78, 5) is 11.9. The number of carbonyl (C=O) groups excluding carboxylic acids is 1. The molecule has 2 aromatic rings. The number of carbonyl (C=O) groups is 1. The standard InChI is InChI=1S/C12H10F3N3O/c1-5-10(6(2)18-17-5)12(19)16-11-8(14)3-7(13)4-9(11)15/h3-4H,1-2H3,(H,16,19)(H,17,18). The number of aryl methyl sites for hydroxylation is 2. The van der Waals surface area contributed by atoms with Crippen LogP contribution in [-0.2, 0) is 0 Å². The van der Waals surface area contributed by atoms with Crippen molar-refractivity contribution in [2.45, 2.75) is 13.8 Å². The highest BCUT2D eigenvalue weighted by Gasteiger charge is 2.19. The SMILES string of the molecule is Cc1n[nH]c(C)c1C(=O)Nc1c(F)cc(F)cc1F. The molecule has 0 aliphatic carbocycles. The number of hydrogen-bond donors (Lipinski definition) is 2. The van der Waals surface area contributed by atoms with Gasteiger partial charge < -0.3 is 5.32 Å². The Labute approximate surface area is 106 Å². The van der Waals surface area contributed by atoms with E-state index in [1.807, 2.05) is 0 Å². The fourth-order valence-electron chi connectivity index (χ4n) is 1.72. The number of benzene rings is 1. The van der Waals surface area contributed by atoms with Crippen molar-refractivity contribution in [3.8, 4) is 0 Å². The minimum Gasteiger partial charge on any atom is -0.317 e. The smallest absolute Gasteiger partial charge is 0.259 e. The molecule has 100 valence electrons. The first-order chi connectivity index (χ1) is 8.90. The van der Waals surface area contributed by atoms with Gasteiger partial charge in [0, 0.05) is 17.8 Å². The Balaban J connectivity index is 2.35. The van der Waals surface area contributed by atoms with Crippen LogP contribution in [0, 0.1) is 31.3 Å². The van der Waals surface area contributed by atoms with Crippen LogP contribution in [-0.4, -0.2) is 16.1 Å². The van der Waals surface area contributed by atoms with Gasteiger partial charge in [0.05, 0.1) is 11.3 Å². The van der Waals surface area contributed by atoms with Crippen LogP contribution < -0.4 is 5.32 Å². The first-order valence-corrected chi connectivity index (χ1v) is 5.37. The third-order valence-electron chi connectivity index (χ3n) is 2.60. The zero-order chi connectivity index (χ0) is 14.2. The molecule has 2 N–H and O–H groups in total. The normalized spacial score (nSPS) is 10.6. The number of rotatable bonds is 2. The van der Waals surface area contributed by atoms with E-state index in [0.717, 1.165) is 0 Å². The first kappa shape index (κ1) is 13.1. The average Bonchev–Trinajstić information content (AvgIpc) is 2.63. The molecule has 0 aliphatic heterocycles. The van der Waals surface area contributed by atoms with Crippen LogP contribution in [0.15, 0.2) is 12.1 Å². The molecule has 19 heavy (non-hydrogen) atoms. The summed E-state index contributed by atoms with van der Waals surface area (Å²) in [6.07, 6.45) is 0. The predicted molar refractivity (Wildman–Crippen MR) is 62.3 cm³/mol. The fourth-order valence-corrected chi connectivity index (χ4v) is 1.72. The van der Waals surface area contributed by atoms with Crippen molar-refractivity contribution in [1.82, 2.24) is 10.2 Å². The molecule has 0 unspecified atom stereocenters. The third-order valence-corrected chi connectivity index (χ3v) is 2.60. The van der Waals surface area contributed by atoms with Crippen molar-refractivity contribution in [2.24, 2.45) is 0 Å². The number of halogens is 3. The Bertz CT molecular complexity index is 609. The van der Waals surface area contributed by atoms with E-state index in [-0.39, 0.29) is 5.56 Å². The molecule has 2 rings (SSSR count). The molecule has 0 spiro atoms. The highest BCUT2D eigenvalue weighted by molar-refractivity contribution is 6.05.